The summed E-state index contributed by atoms with van der Waals surface area (Å²) >= 11 is 5.10. The Labute approximate surface area is 182 Å². The topological polar surface area (TPSA) is 62.3 Å². The van der Waals surface area contributed by atoms with Crippen LogP contribution >= 0.6 is 34.4 Å². The molecule has 4 rings (SSSR count). The minimum atomic E-state index is -0.0947. The van der Waals surface area contributed by atoms with Crippen molar-refractivity contribution in [3.05, 3.63) is 58.4 Å². The van der Waals surface area contributed by atoms with Gasteiger partial charge in [-0.1, -0.05) is 18.2 Å². The van der Waals surface area contributed by atoms with Gasteiger partial charge in [0, 0.05) is 35.7 Å². The van der Waals surface area contributed by atoms with E-state index in [1.54, 1.807) is 22.7 Å². The highest BCUT2D eigenvalue weighted by atomic mass is 32.2. The number of thiophene rings is 1. The third kappa shape index (κ3) is 5.46. The summed E-state index contributed by atoms with van der Waals surface area (Å²) in [5, 5.41) is 7.81. The molecule has 0 spiro atoms. The van der Waals surface area contributed by atoms with Gasteiger partial charge in [0.05, 0.1) is 23.4 Å². The fraction of sp³-hybridized carbons (Fsp3) is 0.286. The lowest BCUT2D eigenvalue weighted by Crippen LogP contribution is -2.38. The molecule has 1 fully saturated rings. The molecule has 150 valence electrons. The van der Waals surface area contributed by atoms with E-state index in [1.807, 2.05) is 63.8 Å². The summed E-state index contributed by atoms with van der Waals surface area (Å²) in [6, 6.07) is 11.5. The summed E-state index contributed by atoms with van der Waals surface area (Å²) < 4.78 is 0. The Bertz CT molecular complexity index is 961. The van der Waals surface area contributed by atoms with Gasteiger partial charge in [0.15, 0.2) is 0 Å². The monoisotopic (exact) mass is 443 g/mol. The SMILES string of the molecule is O=C(Cc1csc(-c2cccs2)n1)Nc1ccc(CC(=O)N2CCSCC2)cc1. The molecule has 1 aliphatic heterocycles. The van der Waals surface area contributed by atoms with Crippen molar-refractivity contribution in [2.24, 2.45) is 0 Å². The maximum atomic E-state index is 12.4. The molecule has 0 aliphatic carbocycles. The van der Waals surface area contributed by atoms with Crippen molar-refractivity contribution in [1.29, 1.82) is 0 Å². The molecule has 1 saturated heterocycles. The molecule has 2 aromatic heterocycles. The van der Waals surface area contributed by atoms with Crippen LogP contribution in [0.1, 0.15) is 11.3 Å². The van der Waals surface area contributed by atoms with E-state index in [0.717, 1.165) is 51.4 Å². The lowest BCUT2D eigenvalue weighted by Gasteiger charge is -2.26. The number of benzene rings is 1. The second-order valence-corrected chi connectivity index (χ2v) is 9.74. The molecule has 0 saturated carbocycles. The zero-order valence-electron chi connectivity index (χ0n) is 15.8. The van der Waals surface area contributed by atoms with Crippen molar-refractivity contribution >= 4 is 51.9 Å². The van der Waals surface area contributed by atoms with Crippen molar-refractivity contribution in [1.82, 2.24) is 9.88 Å². The molecule has 5 nitrogen and oxygen atoms in total. The van der Waals surface area contributed by atoms with Crippen LogP contribution in [0.4, 0.5) is 5.69 Å². The van der Waals surface area contributed by atoms with Crippen LogP contribution < -0.4 is 5.32 Å². The molecule has 1 N–H and O–H groups in total. The normalized spacial score (nSPS) is 14.0. The number of thioether (sulfide) groups is 1. The quantitative estimate of drug-likeness (QED) is 0.621. The number of carbonyl (C=O) groups excluding carboxylic acids is 2. The summed E-state index contributed by atoms with van der Waals surface area (Å²) in [6.07, 6.45) is 0.651. The van der Waals surface area contributed by atoms with Gasteiger partial charge in [-0.05, 0) is 29.1 Å². The summed E-state index contributed by atoms with van der Waals surface area (Å²) in [5.41, 5.74) is 2.47. The van der Waals surface area contributed by atoms with E-state index in [0.29, 0.717) is 6.42 Å². The summed E-state index contributed by atoms with van der Waals surface area (Å²) in [6.45, 7) is 1.67. The Morgan fingerprint density at radius 1 is 1.03 bits per heavy atom. The van der Waals surface area contributed by atoms with E-state index in [-0.39, 0.29) is 18.2 Å². The lowest BCUT2D eigenvalue weighted by atomic mass is 10.1. The van der Waals surface area contributed by atoms with Crippen molar-refractivity contribution in [3.8, 4) is 9.88 Å². The van der Waals surface area contributed by atoms with Crippen LogP contribution in [0.15, 0.2) is 47.2 Å². The number of amides is 2. The number of rotatable bonds is 6. The van der Waals surface area contributed by atoms with Gasteiger partial charge in [0.1, 0.15) is 5.01 Å². The number of hydrogen-bond donors (Lipinski definition) is 1. The number of carbonyl (C=O) groups is 2. The molecule has 0 radical (unpaired) electrons. The van der Waals surface area contributed by atoms with Crippen LogP contribution in [0.25, 0.3) is 9.88 Å². The van der Waals surface area contributed by atoms with Crippen LogP contribution in [-0.2, 0) is 22.4 Å². The van der Waals surface area contributed by atoms with Gasteiger partial charge in [0.2, 0.25) is 11.8 Å². The zero-order valence-corrected chi connectivity index (χ0v) is 18.2. The molecule has 0 unspecified atom stereocenters. The standard InChI is InChI=1S/C21H21N3O2S3/c25-19(13-17-14-29-21(23-17)18-2-1-9-28-18)22-16-5-3-15(4-6-16)12-20(26)24-7-10-27-11-8-24/h1-6,9,14H,7-8,10-13H2,(H,22,25). The zero-order chi connectivity index (χ0) is 20.1. The summed E-state index contributed by atoms with van der Waals surface area (Å²) in [7, 11) is 0. The first-order chi connectivity index (χ1) is 14.2. The van der Waals surface area contributed by atoms with E-state index < -0.39 is 0 Å². The van der Waals surface area contributed by atoms with E-state index in [9.17, 15) is 9.59 Å². The Morgan fingerprint density at radius 2 is 1.83 bits per heavy atom. The predicted molar refractivity (Wildman–Crippen MR) is 122 cm³/mol. The molecule has 0 atom stereocenters. The predicted octanol–water partition coefficient (Wildman–Crippen LogP) is 4.17. The van der Waals surface area contributed by atoms with Crippen molar-refractivity contribution in [2.45, 2.75) is 12.8 Å². The van der Waals surface area contributed by atoms with E-state index in [1.165, 1.54) is 0 Å². The van der Waals surface area contributed by atoms with Crippen molar-refractivity contribution in [3.63, 3.8) is 0 Å². The maximum Gasteiger partial charge on any atom is 0.230 e. The van der Waals surface area contributed by atoms with Gasteiger partial charge in [0.25, 0.3) is 0 Å². The highest BCUT2D eigenvalue weighted by molar-refractivity contribution is 7.99. The molecule has 1 aliphatic rings. The number of thiazole rings is 1. The fourth-order valence-electron chi connectivity index (χ4n) is 3.08. The molecular formula is C21H21N3O2S3. The number of hydrogen-bond acceptors (Lipinski definition) is 6. The minimum absolute atomic E-state index is 0.0947. The smallest absolute Gasteiger partial charge is 0.230 e. The molecule has 3 aromatic rings. The lowest BCUT2D eigenvalue weighted by molar-refractivity contribution is -0.130. The number of nitrogens with zero attached hydrogens (tertiary/aromatic N) is 2. The Balaban J connectivity index is 1.29. The molecule has 8 heteroatoms. The molecule has 0 bridgehead atoms. The molecule has 2 amide bonds. The Kier molecular flexibility index (Phi) is 6.63. The average Bonchev–Trinajstić information content (AvgIpc) is 3.42. The first-order valence-corrected chi connectivity index (χ1v) is 12.3. The van der Waals surface area contributed by atoms with Gasteiger partial charge in [-0.2, -0.15) is 11.8 Å². The van der Waals surface area contributed by atoms with Gasteiger partial charge in [-0.3, -0.25) is 9.59 Å². The average molecular weight is 444 g/mol. The molecular weight excluding hydrogens is 422 g/mol. The number of nitrogens with one attached hydrogen (secondary N) is 1. The maximum absolute atomic E-state index is 12.4. The Hall–Kier alpha value is -2.16. The first-order valence-electron chi connectivity index (χ1n) is 9.40. The second kappa shape index (κ2) is 9.56. The van der Waals surface area contributed by atoms with Gasteiger partial charge in [-0.15, -0.1) is 22.7 Å². The largest absolute Gasteiger partial charge is 0.341 e. The minimum Gasteiger partial charge on any atom is -0.341 e. The van der Waals surface area contributed by atoms with Crippen LogP contribution in [-0.4, -0.2) is 46.3 Å². The molecule has 1 aromatic carbocycles. The van der Waals surface area contributed by atoms with E-state index >= 15 is 0 Å². The van der Waals surface area contributed by atoms with E-state index in [2.05, 4.69) is 10.3 Å². The summed E-state index contributed by atoms with van der Waals surface area (Å²) in [4.78, 5) is 32.3. The summed E-state index contributed by atoms with van der Waals surface area (Å²) in [5.74, 6) is 2.12. The van der Waals surface area contributed by atoms with Crippen LogP contribution in [0.3, 0.4) is 0 Å². The first kappa shape index (κ1) is 20.1. The highest BCUT2D eigenvalue weighted by Gasteiger charge is 2.17. The van der Waals surface area contributed by atoms with Crippen LogP contribution in [0.5, 0.6) is 0 Å². The number of aromatic nitrogens is 1. The molecule has 3 heterocycles. The fourth-order valence-corrected chi connectivity index (χ4v) is 5.61. The second-order valence-electron chi connectivity index (χ2n) is 6.71. The van der Waals surface area contributed by atoms with Crippen LogP contribution in [0.2, 0.25) is 0 Å². The van der Waals surface area contributed by atoms with Gasteiger partial charge < -0.3 is 10.2 Å². The Morgan fingerprint density at radius 3 is 2.55 bits per heavy atom. The number of anilines is 1. The van der Waals surface area contributed by atoms with Crippen LogP contribution in [0, 0.1) is 0 Å². The van der Waals surface area contributed by atoms with Crippen molar-refractivity contribution < 1.29 is 9.59 Å². The highest BCUT2D eigenvalue weighted by Crippen LogP contribution is 2.28. The molecule has 29 heavy (non-hydrogen) atoms. The van der Waals surface area contributed by atoms with Crippen molar-refractivity contribution in [2.75, 3.05) is 29.9 Å². The third-order valence-electron chi connectivity index (χ3n) is 4.58. The van der Waals surface area contributed by atoms with Gasteiger partial charge >= 0.3 is 0 Å². The van der Waals surface area contributed by atoms with E-state index in [4.69, 9.17) is 0 Å². The van der Waals surface area contributed by atoms with Gasteiger partial charge in [-0.25, -0.2) is 4.98 Å². The third-order valence-corrected chi connectivity index (χ3v) is 7.45.